The molecular formula is C15H17O2P. The molecule has 2 aromatic rings. The van der Waals surface area contributed by atoms with E-state index in [4.69, 9.17) is 9.47 Å². The second kappa shape index (κ2) is 5.88. The van der Waals surface area contributed by atoms with Crippen molar-refractivity contribution in [2.75, 3.05) is 20.9 Å². The van der Waals surface area contributed by atoms with E-state index in [2.05, 4.69) is 37.0 Å². The highest BCUT2D eigenvalue weighted by atomic mass is 31.1. The number of rotatable bonds is 4. The van der Waals surface area contributed by atoms with Gasteiger partial charge < -0.3 is 9.47 Å². The lowest BCUT2D eigenvalue weighted by atomic mass is 10.3. The minimum Gasteiger partial charge on any atom is -0.497 e. The molecule has 1 atom stereocenters. The first-order valence-corrected chi connectivity index (χ1v) is 7.56. The second-order valence-corrected chi connectivity index (χ2v) is 6.05. The van der Waals surface area contributed by atoms with Gasteiger partial charge in [-0.05, 0) is 38.1 Å². The maximum Gasteiger partial charge on any atom is 0.127 e. The lowest BCUT2D eigenvalue weighted by Gasteiger charge is -2.17. The SMILES string of the molecule is COc1ccc(OC)c(P(C)c2ccccc2)c1. The van der Waals surface area contributed by atoms with Crippen LogP contribution in [-0.4, -0.2) is 20.9 Å². The van der Waals surface area contributed by atoms with Gasteiger partial charge in [-0.2, -0.15) is 0 Å². The standard InChI is InChI=1S/C15H17O2P/c1-16-12-9-10-14(17-2)15(11-12)18(3)13-7-5-4-6-8-13/h4-11H,1-3H3. The van der Waals surface area contributed by atoms with Crippen molar-refractivity contribution >= 4 is 18.5 Å². The van der Waals surface area contributed by atoms with Gasteiger partial charge in [0.1, 0.15) is 11.5 Å². The van der Waals surface area contributed by atoms with Gasteiger partial charge in [-0.25, -0.2) is 0 Å². The van der Waals surface area contributed by atoms with Crippen molar-refractivity contribution in [2.45, 2.75) is 0 Å². The third kappa shape index (κ3) is 2.65. The summed E-state index contributed by atoms with van der Waals surface area (Å²) in [6, 6.07) is 16.5. The molecule has 0 saturated heterocycles. The number of ether oxygens (including phenoxy) is 2. The minimum atomic E-state index is -0.424. The summed E-state index contributed by atoms with van der Waals surface area (Å²) < 4.78 is 10.7. The van der Waals surface area contributed by atoms with Crippen LogP contribution in [0.15, 0.2) is 48.5 Å². The molecule has 0 amide bonds. The Morgan fingerprint density at radius 2 is 1.61 bits per heavy atom. The maximum absolute atomic E-state index is 5.45. The van der Waals surface area contributed by atoms with Gasteiger partial charge in [0.15, 0.2) is 0 Å². The number of hydrogen-bond acceptors (Lipinski definition) is 2. The summed E-state index contributed by atoms with van der Waals surface area (Å²) in [7, 11) is 2.97. The van der Waals surface area contributed by atoms with Crippen LogP contribution in [0, 0.1) is 0 Å². The molecule has 2 nitrogen and oxygen atoms in total. The number of benzene rings is 2. The van der Waals surface area contributed by atoms with Gasteiger partial charge >= 0.3 is 0 Å². The molecule has 0 spiro atoms. The molecule has 0 fully saturated rings. The van der Waals surface area contributed by atoms with Crippen LogP contribution in [0.4, 0.5) is 0 Å². The van der Waals surface area contributed by atoms with E-state index >= 15 is 0 Å². The van der Waals surface area contributed by atoms with Gasteiger partial charge in [0, 0.05) is 5.30 Å². The first kappa shape index (κ1) is 12.9. The van der Waals surface area contributed by atoms with Crippen molar-refractivity contribution in [3.63, 3.8) is 0 Å². The highest BCUT2D eigenvalue weighted by molar-refractivity contribution is 7.72. The lowest BCUT2D eigenvalue weighted by Crippen LogP contribution is -2.13. The Morgan fingerprint density at radius 3 is 2.22 bits per heavy atom. The van der Waals surface area contributed by atoms with E-state index < -0.39 is 7.92 Å². The molecule has 0 bridgehead atoms. The molecule has 2 aromatic carbocycles. The van der Waals surface area contributed by atoms with Crippen LogP contribution in [0.5, 0.6) is 11.5 Å². The number of methoxy groups -OCH3 is 2. The fourth-order valence-electron chi connectivity index (χ4n) is 1.85. The summed E-state index contributed by atoms with van der Waals surface area (Å²) in [6.45, 7) is 2.24. The van der Waals surface area contributed by atoms with Gasteiger partial charge in [-0.1, -0.05) is 30.3 Å². The highest BCUT2D eigenvalue weighted by Gasteiger charge is 2.13. The molecule has 2 rings (SSSR count). The molecule has 94 valence electrons. The summed E-state index contributed by atoms with van der Waals surface area (Å²) in [5.41, 5.74) is 0. The van der Waals surface area contributed by atoms with Crippen LogP contribution >= 0.6 is 7.92 Å². The first-order valence-electron chi connectivity index (χ1n) is 5.77. The highest BCUT2D eigenvalue weighted by Crippen LogP contribution is 2.34. The second-order valence-electron chi connectivity index (χ2n) is 3.93. The van der Waals surface area contributed by atoms with Gasteiger partial charge in [0.25, 0.3) is 0 Å². The molecule has 0 heterocycles. The quantitative estimate of drug-likeness (QED) is 0.787. The molecule has 0 N–H and O–H groups in total. The third-order valence-electron chi connectivity index (χ3n) is 2.89. The van der Waals surface area contributed by atoms with E-state index in [0.29, 0.717) is 0 Å². The Bertz CT molecular complexity index is 511. The largest absolute Gasteiger partial charge is 0.497 e. The summed E-state index contributed by atoms with van der Waals surface area (Å²) in [4.78, 5) is 0. The summed E-state index contributed by atoms with van der Waals surface area (Å²) >= 11 is 0. The van der Waals surface area contributed by atoms with E-state index in [-0.39, 0.29) is 0 Å². The predicted molar refractivity (Wildman–Crippen MR) is 78.1 cm³/mol. The van der Waals surface area contributed by atoms with Crippen molar-refractivity contribution in [3.8, 4) is 11.5 Å². The molecule has 0 saturated carbocycles. The van der Waals surface area contributed by atoms with Gasteiger partial charge in [-0.3, -0.25) is 0 Å². The van der Waals surface area contributed by atoms with Crippen molar-refractivity contribution in [2.24, 2.45) is 0 Å². The average Bonchev–Trinajstić information content (AvgIpc) is 2.46. The zero-order chi connectivity index (χ0) is 13.0. The van der Waals surface area contributed by atoms with E-state index in [1.807, 2.05) is 18.2 Å². The zero-order valence-electron chi connectivity index (χ0n) is 10.9. The molecule has 0 aliphatic heterocycles. The fraction of sp³-hybridized carbons (Fsp3) is 0.200. The summed E-state index contributed by atoms with van der Waals surface area (Å²) in [5.74, 6) is 1.80. The smallest absolute Gasteiger partial charge is 0.127 e. The Balaban J connectivity index is 2.42. The van der Waals surface area contributed by atoms with Crippen molar-refractivity contribution in [1.29, 1.82) is 0 Å². The van der Waals surface area contributed by atoms with Gasteiger partial charge in [0.05, 0.1) is 14.2 Å². The van der Waals surface area contributed by atoms with Crippen LogP contribution in [0.1, 0.15) is 0 Å². The minimum absolute atomic E-state index is 0.424. The Kier molecular flexibility index (Phi) is 4.22. The molecule has 3 heteroatoms. The van der Waals surface area contributed by atoms with E-state index in [0.717, 1.165) is 11.5 Å². The summed E-state index contributed by atoms with van der Waals surface area (Å²) in [5, 5.41) is 2.54. The van der Waals surface area contributed by atoms with Gasteiger partial charge in [0.2, 0.25) is 0 Å². The normalized spacial score (nSPS) is 11.9. The first-order chi connectivity index (χ1) is 8.76. The van der Waals surface area contributed by atoms with E-state index in [9.17, 15) is 0 Å². The fourth-order valence-corrected chi connectivity index (χ4v) is 3.56. The molecular weight excluding hydrogens is 243 g/mol. The average molecular weight is 260 g/mol. The van der Waals surface area contributed by atoms with Crippen molar-refractivity contribution in [3.05, 3.63) is 48.5 Å². The topological polar surface area (TPSA) is 18.5 Å². The molecule has 18 heavy (non-hydrogen) atoms. The Labute approximate surface area is 109 Å². The van der Waals surface area contributed by atoms with E-state index in [1.165, 1.54) is 10.6 Å². The van der Waals surface area contributed by atoms with Crippen LogP contribution < -0.4 is 20.1 Å². The van der Waals surface area contributed by atoms with Crippen LogP contribution in [0.25, 0.3) is 0 Å². The predicted octanol–water partition coefficient (Wildman–Crippen LogP) is 2.77. The monoisotopic (exact) mass is 260 g/mol. The Morgan fingerprint density at radius 1 is 0.889 bits per heavy atom. The number of hydrogen-bond donors (Lipinski definition) is 0. The van der Waals surface area contributed by atoms with E-state index in [1.54, 1.807) is 14.2 Å². The zero-order valence-corrected chi connectivity index (χ0v) is 11.8. The Hall–Kier alpha value is -1.53. The maximum atomic E-state index is 5.45. The molecule has 0 aliphatic rings. The van der Waals surface area contributed by atoms with Crippen LogP contribution in [-0.2, 0) is 0 Å². The molecule has 0 radical (unpaired) electrons. The van der Waals surface area contributed by atoms with Crippen molar-refractivity contribution in [1.82, 2.24) is 0 Å². The molecule has 1 unspecified atom stereocenters. The molecule has 0 aliphatic carbocycles. The van der Waals surface area contributed by atoms with Crippen LogP contribution in [0.2, 0.25) is 0 Å². The van der Waals surface area contributed by atoms with Crippen LogP contribution in [0.3, 0.4) is 0 Å². The molecule has 0 aromatic heterocycles. The summed E-state index contributed by atoms with van der Waals surface area (Å²) in [6.07, 6.45) is 0. The van der Waals surface area contributed by atoms with Crippen molar-refractivity contribution < 1.29 is 9.47 Å². The van der Waals surface area contributed by atoms with Gasteiger partial charge in [-0.15, -0.1) is 0 Å². The third-order valence-corrected chi connectivity index (χ3v) is 5.04. The lowest BCUT2D eigenvalue weighted by molar-refractivity contribution is 0.406.